The fraction of sp³-hybridized carbons (Fsp3) is 0.190. The lowest BCUT2D eigenvalue weighted by molar-refractivity contribution is -0.142. The minimum atomic E-state index is -4.51. The number of esters is 1. The lowest BCUT2D eigenvalue weighted by Crippen LogP contribution is -2.43. The number of alkyl halides is 3. The number of fused-ring (bicyclic) bond motifs is 1. The summed E-state index contributed by atoms with van der Waals surface area (Å²) in [5.41, 5.74) is 0.117. The fourth-order valence-corrected chi connectivity index (χ4v) is 2.97. The molecule has 8 heteroatoms. The van der Waals surface area contributed by atoms with Crippen molar-refractivity contribution < 1.29 is 27.5 Å². The number of aromatic nitrogens is 1. The molecule has 0 saturated heterocycles. The number of nitrogens with zero attached hydrogens (tertiary/aromatic N) is 1. The number of ether oxygens (including phenoxy) is 1. The molecule has 1 aromatic heterocycles. The molecule has 5 nitrogen and oxygen atoms in total. The minimum absolute atomic E-state index is 0.152. The number of rotatable bonds is 5. The van der Waals surface area contributed by atoms with Crippen LogP contribution in [0.4, 0.5) is 13.2 Å². The SMILES string of the molecule is COC(=O)[C@H](Cc1cccc(C(F)(F)F)c1)NC(=O)c1cccc2cccnc12. The van der Waals surface area contributed by atoms with Crippen molar-refractivity contribution in [3.8, 4) is 0 Å². The molecule has 0 aliphatic carbocycles. The van der Waals surface area contributed by atoms with E-state index in [1.807, 2.05) is 0 Å². The van der Waals surface area contributed by atoms with Crippen molar-refractivity contribution in [3.63, 3.8) is 0 Å². The van der Waals surface area contributed by atoms with Crippen LogP contribution in [0.3, 0.4) is 0 Å². The molecule has 0 radical (unpaired) electrons. The second-order valence-electron chi connectivity index (χ2n) is 6.33. The van der Waals surface area contributed by atoms with Gasteiger partial charge in [-0.25, -0.2) is 4.79 Å². The molecular weight excluding hydrogens is 385 g/mol. The average Bonchev–Trinajstić information content (AvgIpc) is 2.71. The summed E-state index contributed by atoms with van der Waals surface area (Å²) in [6.45, 7) is 0. The monoisotopic (exact) mass is 402 g/mol. The predicted molar refractivity (Wildman–Crippen MR) is 100 cm³/mol. The summed E-state index contributed by atoms with van der Waals surface area (Å²) in [4.78, 5) is 29.1. The topological polar surface area (TPSA) is 68.3 Å². The maximum Gasteiger partial charge on any atom is 0.416 e. The first-order valence-corrected chi connectivity index (χ1v) is 8.68. The molecule has 1 amide bonds. The summed E-state index contributed by atoms with van der Waals surface area (Å²) in [7, 11) is 1.15. The smallest absolute Gasteiger partial charge is 0.416 e. The molecule has 1 heterocycles. The lowest BCUT2D eigenvalue weighted by Gasteiger charge is -2.18. The van der Waals surface area contributed by atoms with Crippen LogP contribution in [0.25, 0.3) is 10.9 Å². The zero-order valence-electron chi connectivity index (χ0n) is 15.4. The summed E-state index contributed by atoms with van der Waals surface area (Å²) in [5, 5.41) is 3.29. The van der Waals surface area contributed by atoms with Crippen molar-refractivity contribution >= 4 is 22.8 Å². The van der Waals surface area contributed by atoms with Gasteiger partial charge in [-0.15, -0.1) is 0 Å². The van der Waals surface area contributed by atoms with Crippen LogP contribution in [0, 0.1) is 0 Å². The first-order valence-electron chi connectivity index (χ1n) is 8.68. The van der Waals surface area contributed by atoms with E-state index in [-0.39, 0.29) is 17.5 Å². The summed E-state index contributed by atoms with van der Waals surface area (Å²) >= 11 is 0. The summed E-state index contributed by atoms with van der Waals surface area (Å²) < 4.78 is 43.5. The molecular formula is C21H17F3N2O3. The van der Waals surface area contributed by atoms with Gasteiger partial charge in [0.15, 0.2) is 0 Å². The Morgan fingerprint density at radius 1 is 1.10 bits per heavy atom. The summed E-state index contributed by atoms with van der Waals surface area (Å²) in [6.07, 6.45) is -3.12. The molecule has 150 valence electrons. The average molecular weight is 402 g/mol. The van der Waals surface area contributed by atoms with E-state index >= 15 is 0 Å². The lowest BCUT2D eigenvalue weighted by atomic mass is 10.0. The van der Waals surface area contributed by atoms with E-state index in [0.717, 1.165) is 24.6 Å². The summed E-state index contributed by atoms with van der Waals surface area (Å²) in [6, 6.07) is 12.0. The highest BCUT2D eigenvalue weighted by molar-refractivity contribution is 6.06. The van der Waals surface area contributed by atoms with Crippen molar-refractivity contribution in [1.29, 1.82) is 0 Å². The molecule has 0 aliphatic heterocycles. The van der Waals surface area contributed by atoms with E-state index in [2.05, 4.69) is 10.3 Å². The second kappa shape index (κ2) is 8.30. The molecule has 0 aliphatic rings. The Kier molecular flexibility index (Phi) is 5.81. The number of methoxy groups -OCH3 is 1. The molecule has 3 aromatic rings. The normalized spacial score (nSPS) is 12.4. The van der Waals surface area contributed by atoms with Gasteiger partial charge in [0.1, 0.15) is 6.04 Å². The van der Waals surface area contributed by atoms with E-state index in [1.54, 1.807) is 36.5 Å². The van der Waals surface area contributed by atoms with Crippen LogP contribution in [-0.4, -0.2) is 30.0 Å². The molecule has 1 atom stereocenters. The highest BCUT2D eigenvalue weighted by Crippen LogP contribution is 2.29. The van der Waals surface area contributed by atoms with Gasteiger partial charge in [0.2, 0.25) is 0 Å². The number of hydrogen-bond donors (Lipinski definition) is 1. The number of carbonyl (C=O) groups excluding carboxylic acids is 2. The Balaban J connectivity index is 1.86. The van der Waals surface area contributed by atoms with Crippen LogP contribution in [0.5, 0.6) is 0 Å². The number of pyridine rings is 1. The maximum atomic E-state index is 12.9. The van der Waals surface area contributed by atoms with Crippen molar-refractivity contribution in [2.75, 3.05) is 7.11 Å². The quantitative estimate of drug-likeness (QED) is 0.660. The Bertz CT molecular complexity index is 1050. The number of para-hydroxylation sites is 1. The van der Waals surface area contributed by atoms with Gasteiger partial charge in [-0.3, -0.25) is 9.78 Å². The van der Waals surface area contributed by atoms with Crippen LogP contribution < -0.4 is 5.32 Å². The predicted octanol–water partition coefficient (Wildman–Crippen LogP) is 3.77. The second-order valence-corrected chi connectivity index (χ2v) is 6.33. The molecule has 3 rings (SSSR count). The molecule has 2 aromatic carbocycles. The third-order valence-electron chi connectivity index (χ3n) is 4.36. The van der Waals surface area contributed by atoms with E-state index < -0.39 is 29.7 Å². The molecule has 0 fully saturated rings. The first-order chi connectivity index (χ1) is 13.8. The van der Waals surface area contributed by atoms with Gasteiger partial charge in [-0.1, -0.05) is 36.4 Å². The highest BCUT2D eigenvalue weighted by atomic mass is 19.4. The zero-order chi connectivity index (χ0) is 21.0. The van der Waals surface area contributed by atoms with Gasteiger partial charge in [0.05, 0.1) is 23.8 Å². The Morgan fingerprint density at radius 3 is 2.55 bits per heavy atom. The number of amides is 1. The number of hydrogen-bond acceptors (Lipinski definition) is 4. The number of carbonyl (C=O) groups is 2. The zero-order valence-corrected chi connectivity index (χ0v) is 15.4. The van der Waals surface area contributed by atoms with E-state index in [1.165, 1.54) is 12.1 Å². The van der Waals surface area contributed by atoms with Crippen LogP contribution in [0.1, 0.15) is 21.5 Å². The Labute approximate surface area is 164 Å². The molecule has 0 bridgehead atoms. The Hall–Kier alpha value is -3.42. The molecule has 0 unspecified atom stereocenters. The van der Waals surface area contributed by atoms with Gasteiger partial charge in [-0.05, 0) is 23.8 Å². The van der Waals surface area contributed by atoms with Gasteiger partial charge >= 0.3 is 12.1 Å². The molecule has 29 heavy (non-hydrogen) atoms. The van der Waals surface area contributed by atoms with E-state index in [4.69, 9.17) is 4.74 Å². The first kappa shape index (κ1) is 20.3. The Morgan fingerprint density at radius 2 is 1.83 bits per heavy atom. The van der Waals surface area contributed by atoms with Gasteiger partial charge in [-0.2, -0.15) is 13.2 Å². The largest absolute Gasteiger partial charge is 0.467 e. The maximum absolute atomic E-state index is 12.9. The number of nitrogens with one attached hydrogen (secondary N) is 1. The summed E-state index contributed by atoms with van der Waals surface area (Å²) in [5.74, 6) is -1.33. The van der Waals surface area contributed by atoms with Crippen LogP contribution in [0.15, 0.2) is 60.8 Å². The fourth-order valence-electron chi connectivity index (χ4n) is 2.97. The van der Waals surface area contributed by atoms with Crippen LogP contribution >= 0.6 is 0 Å². The molecule has 0 spiro atoms. The van der Waals surface area contributed by atoms with Crippen molar-refractivity contribution in [1.82, 2.24) is 10.3 Å². The van der Waals surface area contributed by atoms with Crippen molar-refractivity contribution in [2.24, 2.45) is 0 Å². The standard InChI is InChI=1S/C21H17F3N2O3/c1-29-20(28)17(12-13-5-2-8-15(11-13)21(22,23)24)26-19(27)16-9-3-6-14-7-4-10-25-18(14)16/h2-11,17H,12H2,1H3,(H,26,27)/t17-/m0/s1. The molecule has 1 N–H and O–H groups in total. The third kappa shape index (κ3) is 4.71. The van der Waals surface area contributed by atoms with Crippen molar-refractivity contribution in [2.45, 2.75) is 18.6 Å². The minimum Gasteiger partial charge on any atom is -0.467 e. The van der Waals surface area contributed by atoms with Gasteiger partial charge < -0.3 is 10.1 Å². The third-order valence-corrected chi connectivity index (χ3v) is 4.36. The van der Waals surface area contributed by atoms with E-state index in [0.29, 0.717) is 5.52 Å². The van der Waals surface area contributed by atoms with Crippen molar-refractivity contribution in [3.05, 3.63) is 77.5 Å². The van der Waals surface area contributed by atoms with Gasteiger partial charge in [0.25, 0.3) is 5.91 Å². The number of halogens is 3. The van der Waals surface area contributed by atoms with Crippen LogP contribution in [0.2, 0.25) is 0 Å². The molecule has 0 saturated carbocycles. The van der Waals surface area contributed by atoms with Gasteiger partial charge in [0, 0.05) is 18.0 Å². The van der Waals surface area contributed by atoms with E-state index in [9.17, 15) is 22.8 Å². The number of benzene rings is 2. The highest BCUT2D eigenvalue weighted by Gasteiger charge is 2.31. The van der Waals surface area contributed by atoms with Crippen LogP contribution in [-0.2, 0) is 22.1 Å².